The van der Waals surface area contributed by atoms with Crippen molar-refractivity contribution in [2.75, 3.05) is 6.61 Å². The molecule has 1 unspecified atom stereocenters. The fourth-order valence-corrected chi connectivity index (χ4v) is 3.06. The first-order valence-corrected chi connectivity index (χ1v) is 7.75. The Kier molecular flexibility index (Phi) is 3.88. The van der Waals surface area contributed by atoms with E-state index in [1.165, 1.54) is 11.1 Å². The van der Waals surface area contributed by atoms with E-state index in [1.807, 2.05) is 13.0 Å². The molecule has 0 saturated heterocycles. The number of aryl methyl sites for hydroxylation is 1. The van der Waals surface area contributed by atoms with Crippen molar-refractivity contribution in [2.45, 2.75) is 32.7 Å². The second kappa shape index (κ2) is 5.81. The largest absolute Gasteiger partial charge is 0.493 e. The van der Waals surface area contributed by atoms with Crippen LogP contribution in [0.3, 0.4) is 0 Å². The van der Waals surface area contributed by atoms with E-state index in [1.54, 1.807) is 6.92 Å². The lowest BCUT2D eigenvalue weighted by Crippen LogP contribution is -2.34. The molecule has 1 amide bonds. The molecule has 0 fully saturated rings. The predicted molar refractivity (Wildman–Crippen MR) is 80.9 cm³/mol. The second-order valence-electron chi connectivity index (χ2n) is 5.31. The van der Waals surface area contributed by atoms with E-state index in [9.17, 15) is 4.79 Å². The van der Waals surface area contributed by atoms with Gasteiger partial charge in [0.2, 0.25) is 0 Å². The van der Waals surface area contributed by atoms with Crippen molar-refractivity contribution in [1.82, 2.24) is 14.9 Å². The summed E-state index contributed by atoms with van der Waals surface area (Å²) in [6.07, 6.45) is 1.76. The summed E-state index contributed by atoms with van der Waals surface area (Å²) in [6, 6.07) is 6.31. The first kappa shape index (κ1) is 14.0. The molecule has 0 bridgehead atoms. The molecule has 110 valence electrons. The molecule has 5 nitrogen and oxygen atoms in total. The zero-order valence-electron chi connectivity index (χ0n) is 12.0. The first-order chi connectivity index (χ1) is 10.1. The lowest BCUT2D eigenvalue weighted by atomic mass is 10.0. The average Bonchev–Trinajstić information content (AvgIpc) is 3.06. The van der Waals surface area contributed by atoms with Gasteiger partial charge in [-0.05, 0) is 49.0 Å². The first-order valence-electron chi connectivity index (χ1n) is 6.98. The van der Waals surface area contributed by atoms with Crippen LogP contribution in [-0.2, 0) is 12.8 Å². The van der Waals surface area contributed by atoms with Gasteiger partial charge in [0.1, 0.15) is 10.6 Å². The Morgan fingerprint density at radius 1 is 1.52 bits per heavy atom. The molecule has 0 spiro atoms. The molecule has 1 atom stereocenters. The predicted octanol–water partition coefficient (Wildman–Crippen LogP) is 2.14. The van der Waals surface area contributed by atoms with Crippen LogP contribution in [0.15, 0.2) is 18.2 Å². The Balaban J connectivity index is 1.63. The van der Waals surface area contributed by atoms with Gasteiger partial charge in [-0.1, -0.05) is 16.6 Å². The van der Waals surface area contributed by atoms with Gasteiger partial charge in [0, 0.05) is 12.5 Å². The van der Waals surface area contributed by atoms with Crippen LogP contribution in [0.2, 0.25) is 0 Å². The van der Waals surface area contributed by atoms with Crippen molar-refractivity contribution < 1.29 is 9.53 Å². The number of fused-ring (bicyclic) bond motifs is 1. The summed E-state index contributed by atoms with van der Waals surface area (Å²) in [5.41, 5.74) is 3.15. The highest BCUT2D eigenvalue weighted by atomic mass is 32.1. The van der Waals surface area contributed by atoms with Crippen molar-refractivity contribution in [3.8, 4) is 5.75 Å². The maximum Gasteiger partial charge on any atom is 0.265 e. The van der Waals surface area contributed by atoms with Gasteiger partial charge in [0.25, 0.3) is 5.91 Å². The van der Waals surface area contributed by atoms with Crippen LogP contribution < -0.4 is 10.1 Å². The monoisotopic (exact) mass is 303 g/mol. The quantitative estimate of drug-likeness (QED) is 0.940. The van der Waals surface area contributed by atoms with Crippen LogP contribution >= 0.6 is 11.5 Å². The number of aromatic nitrogens is 2. The molecular formula is C15H17N3O2S. The zero-order chi connectivity index (χ0) is 14.8. The SMILES string of the molecule is Cc1nnsc1C(=O)NC(C)Cc1ccc2c(c1)CCO2. The standard InChI is InChI=1S/C15H17N3O2S/c1-9(16-15(19)14-10(2)17-18-21-14)7-11-3-4-13-12(8-11)5-6-20-13/h3-4,8-9H,5-7H2,1-2H3,(H,16,19). The molecule has 1 N–H and O–H groups in total. The molecule has 1 aliphatic rings. The van der Waals surface area contributed by atoms with E-state index in [0.717, 1.165) is 36.7 Å². The van der Waals surface area contributed by atoms with Crippen molar-refractivity contribution in [2.24, 2.45) is 0 Å². The van der Waals surface area contributed by atoms with E-state index < -0.39 is 0 Å². The van der Waals surface area contributed by atoms with E-state index in [4.69, 9.17) is 4.74 Å². The van der Waals surface area contributed by atoms with Crippen molar-refractivity contribution in [3.05, 3.63) is 39.9 Å². The van der Waals surface area contributed by atoms with Crippen molar-refractivity contribution in [1.29, 1.82) is 0 Å². The van der Waals surface area contributed by atoms with Crippen molar-refractivity contribution >= 4 is 17.4 Å². The normalized spacial score (nSPS) is 14.4. The van der Waals surface area contributed by atoms with Gasteiger partial charge in [-0.25, -0.2) is 0 Å². The highest BCUT2D eigenvalue weighted by molar-refractivity contribution is 7.08. The molecule has 21 heavy (non-hydrogen) atoms. The molecule has 0 radical (unpaired) electrons. The van der Waals surface area contributed by atoms with Crippen molar-refractivity contribution in [3.63, 3.8) is 0 Å². The number of rotatable bonds is 4. The molecule has 1 aliphatic heterocycles. The number of amides is 1. The number of hydrogen-bond donors (Lipinski definition) is 1. The Labute approximate surface area is 127 Å². The Morgan fingerprint density at radius 2 is 2.38 bits per heavy atom. The molecular weight excluding hydrogens is 286 g/mol. The third-order valence-corrected chi connectivity index (χ3v) is 4.36. The molecule has 2 aromatic rings. The Hall–Kier alpha value is -1.95. The summed E-state index contributed by atoms with van der Waals surface area (Å²) >= 11 is 1.13. The zero-order valence-corrected chi connectivity index (χ0v) is 12.9. The van der Waals surface area contributed by atoms with Gasteiger partial charge in [0.05, 0.1) is 12.3 Å². The lowest BCUT2D eigenvalue weighted by molar-refractivity contribution is 0.0943. The van der Waals surface area contributed by atoms with Gasteiger partial charge in [-0.2, -0.15) is 0 Å². The van der Waals surface area contributed by atoms with Gasteiger partial charge in [-0.3, -0.25) is 4.79 Å². The van der Waals surface area contributed by atoms with Gasteiger partial charge in [-0.15, -0.1) is 5.10 Å². The van der Waals surface area contributed by atoms with E-state index >= 15 is 0 Å². The van der Waals surface area contributed by atoms with Crippen LogP contribution in [0.1, 0.15) is 33.4 Å². The maximum atomic E-state index is 12.1. The third-order valence-electron chi connectivity index (χ3n) is 3.53. The fraction of sp³-hybridized carbons (Fsp3) is 0.400. The fourth-order valence-electron chi connectivity index (χ4n) is 2.50. The number of nitrogens with one attached hydrogen (secondary N) is 1. The van der Waals surface area contributed by atoms with Gasteiger partial charge < -0.3 is 10.1 Å². The molecule has 1 aromatic heterocycles. The minimum absolute atomic E-state index is 0.0550. The smallest absolute Gasteiger partial charge is 0.265 e. The maximum absolute atomic E-state index is 12.1. The van der Waals surface area contributed by atoms with Crippen LogP contribution in [0.4, 0.5) is 0 Å². The summed E-state index contributed by atoms with van der Waals surface area (Å²) in [5, 5.41) is 6.86. The molecule has 1 aromatic carbocycles. The summed E-state index contributed by atoms with van der Waals surface area (Å²) in [7, 11) is 0. The number of benzene rings is 1. The summed E-state index contributed by atoms with van der Waals surface area (Å²) < 4.78 is 9.29. The minimum atomic E-state index is -0.0977. The highest BCUT2D eigenvalue weighted by Crippen LogP contribution is 2.26. The number of hydrogen-bond acceptors (Lipinski definition) is 5. The number of nitrogens with zero attached hydrogens (tertiary/aromatic N) is 2. The number of carbonyl (C=O) groups excluding carboxylic acids is 1. The Morgan fingerprint density at radius 3 is 3.14 bits per heavy atom. The van der Waals surface area contributed by atoms with Gasteiger partial charge in [0.15, 0.2) is 0 Å². The van der Waals surface area contributed by atoms with E-state index in [-0.39, 0.29) is 11.9 Å². The Bertz CT molecular complexity index is 669. The molecule has 3 rings (SSSR count). The topological polar surface area (TPSA) is 64.1 Å². The molecule has 6 heteroatoms. The van der Waals surface area contributed by atoms with Crippen LogP contribution in [0.5, 0.6) is 5.75 Å². The summed E-state index contributed by atoms with van der Waals surface area (Å²) in [6.45, 7) is 4.57. The average molecular weight is 303 g/mol. The second-order valence-corrected chi connectivity index (χ2v) is 6.06. The van der Waals surface area contributed by atoms with Crippen LogP contribution in [0, 0.1) is 6.92 Å². The number of ether oxygens (including phenoxy) is 1. The van der Waals surface area contributed by atoms with E-state index in [0.29, 0.717) is 10.6 Å². The van der Waals surface area contributed by atoms with E-state index in [2.05, 4.69) is 27.0 Å². The van der Waals surface area contributed by atoms with Crippen LogP contribution in [-0.4, -0.2) is 28.1 Å². The highest BCUT2D eigenvalue weighted by Gasteiger charge is 2.17. The minimum Gasteiger partial charge on any atom is -0.493 e. The van der Waals surface area contributed by atoms with Crippen LogP contribution in [0.25, 0.3) is 0 Å². The lowest BCUT2D eigenvalue weighted by Gasteiger charge is -2.14. The molecule has 0 saturated carbocycles. The third kappa shape index (κ3) is 3.05. The summed E-state index contributed by atoms with van der Waals surface area (Å²) in [5.74, 6) is 0.890. The number of carbonyl (C=O) groups is 1. The van der Waals surface area contributed by atoms with Gasteiger partial charge >= 0.3 is 0 Å². The molecule has 0 aliphatic carbocycles. The summed E-state index contributed by atoms with van der Waals surface area (Å²) in [4.78, 5) is 12.7. The molecule has 2 heterocycles.